The van der Waals surface area contributed by atoms with Crippen molar-refractivity contribution >= 4 is 43.5 Å². The molecule has 190 valence electrons. The Morgan fingerprint density at radius 2 is 1.80 bits per heavy atom. The number of hydrogen-bond donors (Lipinski definition) is 1. The molecule has 35 heavy (non-hydrogen) atoms. The molecule has 0 heterocycles. The van der Waals surface area contributed by atoms with Crippen LogP contribution in [0.25, 0.3) is 0 Å². The monoisotopic (exact) mass is 563 g/mol. The zero-order valence-electron chi connectivity index (χ0n) is 20.8. The Labute approximate surface area is 217 Å². The molecule has 0 aliphatic heterocycles. The number of aryl methyl sites for hydroxylation is 2. The molecule has 1 atom stereocenters. The molecule has 7 nitrogen and oxygen atoms in total. The Bertz CT molecular complexity index is 1180. The number of halogens is 1. The molecule has 1 N–H and O–H groups in total. The minimum atomic E-state index is -3.75. The third-order valence-electron chi connectivity index (χ3n) is 6.42. The molecule has 9 heteroatoms. The molecular weight excluding hydrogens is 530 g/mol. The molecule has 0 aromatic heterocycles. The van der Waals surface area contributed by atoms with Crippen molar-refractivity contribution in [1.82, 2.24) is 10.2 Å². The van der Waals surface area contributed by atoms with Crippen molar-refractivity contribution in [2.24, 2.45) is 0 Å². The molecule has 1 fully saturated rings. The van der Waals surface area contributed by atoms with Crippen molar-refractivity contribution in [3.63, 3.8) is 0 Å². The van der Waals surface area contributed by atoms with Crippen molar-refractivity contribution in [3.8, 4) is 0 Å². The van der Waals surface area contributed by atoms with Gasteiger partial charge in [-0.3, -0.25) is 13.9 Å². The van der Waals surface area contributed by atoms with E-state index >= 15 is 0 Å². The number of nitrogens with one attached hydrogen (secondary N) is 1. The molecule has 0 radical (unpaired) electrons. The van der Waals surface area contributed by atoms with Crippen LogP contribution in [0.15, 0.2) is 46.9 Å². The predicted octanol–water partition coefficient (Wildman–Crippen LogP) is 4.31. The van der Waals surface area contributed by atoms with Gasteiger partial charge in [0.2, 0.25) is 21.8 Å². The third kappa shape index (κ3) is 7.30. The summed E-state index contributed by atoms with van der Waals surface area (Å²) in [5, 5.41) is 3.07. The highest BCUT2D eigenvalue weighted by Crippen LogP contribution is 2.25. The van der Waals surface area contributed by atoms with Gasteiger partial charge in [-0.2, -0.15) is 0 Å². The van der Waals surface area contributed by atoms with Crippen LogP contribution in [0.3, 0.4) is 0 Å². The smallest absolute Gasteiger partial charge is 0.244 e. The first-order chi connectivity index (χ1) is 16.5. The van der Waals surface area contributed by atoms with Gasteiger partial charge < -0.3 is 10.2 Å². The lowest BCUT2D eigenvalue weighted by atomic mass is 10.1. The summed E-state index contributed by atoms with van der Waals surface area (Å²) >= 11 is 3.45. The highest BCUT2D eigenvalue weighted by Gasteiger charge is 2.31. The number of carbonyl (C=O) groups excluding carboxylic acids is 2. The largest absolute Gasteiger partial charge is 0.352 e. The molecule has 2 aromatic rings. The van der Waals surface area contributed by atoms with Gasteiger partial charge in [-0.1, -0.05) is 53.0 Å². The van der Waals surface area contributed by atoms with Crippen molar-refractivity contribution < 1.29 is 18.0 Å². The van der Waals surface area contributed by atoms with Crippen molar-refractivity contribution in [2.45, 2.75) is 65.1 Å². The molecule has 1 saturated carbocycles. The summed E-state index contributed by atoms with van der Waals surface area (Å²) in [5.41, 5.74) is 2.94. The number of benzene rings is 2. The predicted molar refractivity (Wildman–Crippen MR) is 143 cm³/mol. The summed E-state index contributed by atoms with van der Waals surface area (Å²) in [6.45, 7) is 5.18. The van der Waals surface area contributed by atoms with Gasteiger partial charge in [0.15, 0.2) is 0 Å². The summed E-state index contributed by atoms with van der Waals surface area (Å²) in [6, 6.07) is 12.4. The van der Waals surface area contributed by atoms with Crippen LogP contribution in [0.5, 0.6) is 0 Å². The Balaban J connectivity index is 1.91. The molecule has 1 aliphatic rings. The fraction of sp³-hybridized carbons (Fsp3) is 0.462. The number of amides is 2. The maximum atomic E-state index is 13.7. The SMILES string of the molecule is Cc1ccc(C)c(N(CC(=O)N(Cc2cccc(Br)c2)[C@@H](C)C(=O)NC2CCCC2)S(C)(=O)=O)c1. The van der Waals surface area contributed by atoms with E-state index in [0.29, 0.717) is 5.69 Å². The average molecular weight is 565 g/mol. The maximum absolute atomic E-state index is 13.7. The van der Waals surface area contributed by atoms with Crippen LogP contribution in [0.4, 0.5) is 5.69 Å². The van der Waals surface area contributed by atoms with Gasteiger partial charge in [0.05, 0.1) is 11.9 Å². The van der Waals surface area contributed by atoms with Crippen LogP contribution in [-0.4, -0.2) is 50.0 Å². The fourth-order valence-electron chi connectivity index (χ4n) is 4.39. The average Bonchev–Trinajstić information content (AvgIpc) is 3.29. The van der Waals surface area contributed by atoms with E-state index in [-0.39, 0.29) is 18.5 Å². The first kappa shape index (κ1) is 27.2. The second kappa shape index (κ2) is 11.6. The summed E-state index contributed by atoms with van der Waals surface area (Å²) in [5.74, 6) is -0.664. The fourth-order valence-corrected chi connectivity index (χ4v) is 5.74. The van der Waals surface area contributed by atoms with Crippen molar-refractivity contribution in [2.75, 3.05) is 17.1 Å². The molecular formula is C26H34BrN3O4S. The number of nitrogens with zero attached hydrogens (tertiary/aromatic N) is 2. The van der Waals surface area contributed by atoms with E-state index in [1.807, 2.05) is 50.2 Å². The number of hydrogen-bond acceptors (Lipinski definition) is 4. The van der Waals surface area contributed by atoms with E-state index in [9.17, 15) is 18.0 Å². The van der Waals surface area contributed by atoms with Crippen LogP contribution in [0, 0.1) is 13.8 Å². The van der Waals surface area contributed by atoms with E-state index in [2.05, 4.69) is 21.2 Å². The lowest BCUT2D eigenvalue weighted by Crippen LogP contribution is -2.52. The number of rotatable bonds is 9. The highest BCUT2D eigenvalue weighted by molar-refractivity contribution is 9.10. The van der Waals surface area contributed by atoms with Crippen LogP contribution >= 0.6 is 15.9 Å². The maximum Gasteiger partial charge on any atom is 0.244 e. The van der Waals surface area contributed by atoms with E-state index in [1.54, 1.807) is 13.0 Å². The van der Waals surface area contributed by atoms with Gasteiger partial charge in [0.25, 0.3) is 0 Å². The van der Waals surface area contributed by atoms with Gasteiger partial charge >= 0.3 is 0 Å². The van der Waals surface area contributed by atoms with E-state index in [1.165, 1.54) is 4.90 Å². The summed E-state index contributed by atoms with van der Waals surface area (Å²) < 4.78 is 27.5. The molecule has 3 rings (SSSR count). The quantitative estimate of drug-likeness (QED) is 0.492. The van der Waals surface area contributed by atoms with E-state index < -0.39 is 28.5 Å². The molecule has 0 saturated heterocycles. The van der Waals surface area contributed by atoms with Gasteiger partial charge in [0, 0.05) is 17.1 Å². The van der Waals surface area contributed by atoms with Gasteiger partial charge in [-0.05, 0) is 68.5 Å². The Hall–Kier alpha value is -2.39. The first-order valence-electron chi connectivity index (χ1n) is 11.8. The second-order valence-corrected chi connectivity index (χ2v) is 12.2. The van der Waals surface area contributed by atoms with Crippen molar-refractivity contribution in [1.29, 1.82) is 0 Å². The minimum absolute atomic E-state index is 0.121. The normalized spacial score (nSPS) is 15.0. The van der Waals surface area contributed by atoms with Crippen LogP contribution in [0.2, 0.25) is 0 Å². The minimum Gasteiger partial charge on any atom is -0.352 e. The number of carbonyl (C=O) groups is 2. The lowest BCUT2D eigenvalue weighted by molar-refractivity contribution is -0.139. The molecule has 2 aromatic carbocycles. The summed E-state index contributed by atoms with van der Waals surface area (Å²) in [4.78, 5) is 28.2. The zero-order chi connectivity index (χ0) is 25.8. The first-order valence-corrected chi connectivity index (χ1v) is 14.5. The van der Waals surface area contributed by atoms with E-state index in [4.69, 9.17) is 0 Å². The van der Waals surface area contributed by atoms with Crippen LogP contribution in [-0.2, 0) is 26.2 Å². The molecule has 0 bridgehead atoms. The Morgan fingerprint density at radius 3 is 2.43 bits per heavy atom. The van der Waals surface area contributed by atoms with Crippen LogP contribution < -0.4 is 9.62 Å². The van der Waals surface area contributed by atoms with Gasteiger partial charge in [-0.25, -0.2) is 8.42 Å². The molecule has 2 amide bonds. The Kier molecular flexibility index (Phi) is 8.99. The summed E-state index contributed by atoms with van der Waals surface area (Å²) in [7, 11) is -3.75. The second-order valence-electron chi connectivity index (χ2n) is 9.38. The summed E-state index contributed by atoms with van der Waals surface area (Å²) in [6.07, 6.45) is 5.13. The molecule has 1 aliphatic carbocycles. The topological polar surface area (TPSA) is 86.8 Å². The molecule has 0 unspecified atom stereocenters. The van der Waals surface area contributed by atoms with Crippen LogP contribution in [0.1, 0.15) is 49.3 Å². The van der Waals surface area contributed by atoms with Gasteiger partial charge in [0.1, 0.15) is 12.6 Å². The van der Waals surface area contributed by atoms with Crippen molar-refractivity contribution in [3.05, 3.63) is 63.6 Å². The Morgan fingerprint density at radius 1 is 1.11 bits per heavy atom. The lowest BCUT2D eigenvalue weighted by Gasteiger charge is -2.32. The number of sulfonamides is 1. The van der Waals surface area contributed by atoms with E-state index in [0.717, 1.165) is 57.4 Å². The highest BCUT2D eigenvalue weighted by atomic mass is 79.9. The van der Waals surface area contributed by atoms with Gasteiger partial charge in [-0.15, -0.1) is 0 Å². The number of anilines is 1. The molecule has 0 spiro atoms. The third-order valence-corrected chi connectivity index (χ3v) is 8.04. The standard InChI is InChI=1S/C26H34BrN3O4S/c1-18-12-13-19(2)24(14-18)30(35(4,33)34)17-25(31)29(16-21-8-7-9-22(27)15-21)20(3)26(32)28-23-10-5-6-11-23/h7-9,12-15,20,23H,5-6,10-11,16-17H2,1-4H3,(H,28,32)/t20-/m0/s1. The zero-order valence-corrected chi connectivity index (χ0v) is 23.2.